The molecule has 1 aromatic carbocycles. The summed E-state index contributed by atoms with van der Waals surface area (Å²) in [5, 5.41) is 7.53. The quantitative estimate of drug-likeness (QED) is 0.885. The summed E-state index contributed by atoms with van der Waals surface area (Å²) in [5.74, 6) is 2.21. The van der Waals surface area contributed by atoms with Gasteiger partial charge in [-0.05, 0) is 18.9 Å². The van der Waals surface area contributed by atoms with Crippen molar-refractivity contribution in [2.75, 3.05) is 7.11 Å². The standard InChI is InChI=1S/C16H21N3O2/c1-20-14-9-5-2-6-12(14)10-15-18-16(21-19-15)11-17-13-7-3-4-8-13/h2,5-6,9,13,17H,3-4,7-8,10-11H2,1H3. The minimum atomic E-state index is 0.606. The van der Waals surface area contributed by atoms with Crippen LogP contribution in [0.15, 0.2) is 28.8 Å². The van der Waals surface area contributed by atoms with Gasteiger partial charge in [0.2, 0.25) is 5.89 Å². The van der Waals surface area contributed by atoms with E-state index in [0.717, 1.165) is 11.3 Å². The molecule has 1 aliphatic rings. The number of para-hydroxylation sites is 1. The Morgan fingerprint density at radius 1 is 1.29 bits per heavy atom. The molecular weight excluding hydrogens is 266 g/mol. The largest absolute Gasteiger partial charge is 0.496 e. The molecule has 0 atom stereocenters. The molecule has 1 aliphatic carbocycles. The van der Waals surface area contributed by atoms with Crippen molar-refractivity contribution in [1.82, 2.24) is 15.5 Å². The topological polar surface area (TPSA) is 60.2 Å². The first kappa shape index (κ1) is 14.1. The van der Waals surface area contributed by atoms with E-state index in [1.54, 1.807) is 7.11 Å². The Labute approximate surface area is 124 Å². The summed E-state index contributed by atoms with van der Waals surface area (Å²) in [6.07, 6.45) is 5.77. The average molecular weight is 287 g/mol. The van der Waals surface area contributed by atoms with E-state index in [9.17, 15) is 0 Å². The SMILES string of the molecule is COc1ccccc1Cc1noc(CNC2CCCC2)n1. The van der Waals surface area contributed by atoms with Gasteiger partial charge in [0, 0.05) is 18.0 Å². The third kappa shape index (κ3) is 3.61. The summed E-state index contributed by atoms with van der Waals surface area (Å²) in [6, 6.07) is 8.51. The maximum Gasteiger partial charge on any atom is 0.240 e. The van der Waals surface area contributed by atoms with E-state index < -0.39 is 0 Å². The lowest BCUT2D eigenvalue weighted by Gasteiger charge is -2.08. The van der Waals surface area contributed by atoms with E-state index in [2.05, 4.69) is 15.5 Å². The van der Waals surface area contributed by atoms with E-state index in [-0.39, 0.29) is 0 Å². The first-order valence-electron chi connectivity index (χ1n) is 7.52. The summed E-state index contributed by atoms with van der Waals surface area (Å²) in [5.41, 5.74) is 1.07. The highest BCUT2D eigenvalue weighted by Crippen LogP contribution is 2.20. The van der Waals surface area contributed by atoms with Gasteiger partial charge in [0.15, 0.2) is 5.82 Å². The molecule has 21 heavy (non-hydrogen) atoms. The first-order valence-corrected chi connectivity index (χ1v) is 7.52. The van der Waals surface area contributed by atoms with Crippen LogP contribution < -0.4 is 10.1 Å². The summed E-state index contributed by atoms with van der Waals surface area (Å²) >= 11 is 0. The van der Waals surface area contributed by atoms with E-state index in [0.29, 0.717) is 30.7 Å². The zero-order chi connectivity index (χ0) is 14.5. The van der Waals surface area contributed by atoms with E-state index in [1.165, 1.54) is 25.7 Å². The Morgan fingerprint density at radius 2 is 2.10 bits per heavy atom. The number of nitrogens with zero attached hydrogens (tertiary/aromatic N) is 2. The average Bonchev–Trinajstić information content (AvgIpc) is 3.17. The summed E-state index contributed by atoms with van der Waals surface area (Å²) < 4.78 is 10.6. The lowest BCUT2D eigenvalue weighted by molar-refractivity contribution is 0.353. The number of hydrogen-bond acceptors (Lipinski definition) is 5. The van der Waals surface area contributed by atoms with E-state index in [4.69, 9.17) is 9.26 Å². The van der Waals surface area contributed by atoms with Crippen LogP contribution in [-0.4, -0.2) is 23.3 Å². The summed E-state index contributed by atoms with van der Waals surface area (Å²) in [4.78, 5) is 4.45. The molecule has 1 heterocycles. The molecule has 0 bridgehead atoms. The van der Waals surface area contributed by atoms with Crippen LogP contribution in [0.5, 0.6) is 5.75 Å². The van der Waals surface area contributed by atoms with Gasteiger partial charge in [-0.3, -0.25) is 0 Å². The maximum atomic E-state index is 5.34. The Bertz CT molecular complexity index is 576. The summed E-state index contributed by atoms with van der Waals surface area (Å²) in [7, 11) is 1.67. The molecule has 0 amide bonds. The molecule has 1 N–H and O–H groups in total. The molecule has 1 fully saturated rings. The molecule has 0 aliphatic heterocycles. The molecule has 0 unspecified atom stereocenters. The zero-order valence-corrected chi connectivity index (χ0v) is 12.3. The molecule has 0 saturated heterocycles. The number of benzene rings is 1. The molecule has 2 aromatic rings. The Hall–Kier alpha value is -1.88. The second-order valence-corrected chi connectivity index (χ2v) is 5.46. The minimum absolute atomic E-state index is 0.606. The number of methoxy groups -OCH3 is 1. The minimum Gasteiger partial charge on any atom is -0.496 e. The van der Waals surface area contributed by atoms with Gasteiger partial charge in [0.25, 0.3) is 0 Å². The third-order valence-electron chi connectivity index (χ3n) is 3.95. The smallest absolute Gasteiger partial charge is 0.240 e. The zero-order valence-electron chi connectivity index (χ0n) is 12.3. The Kier molecular flexibility index (Phi) is 4.50. The lowest BCUT2D eigenvalue weighted by atomic mass is 10.1. The predicted molar refractivity (Wildman–Crippen MR) is 79.2 cm³/mol. The highest BCUT2D eigenvalue weighted by molar-refractivity contribution is 5.35. The van der Waals surface area contributed by atoms with Crippen LogP contribution >= 0.6 is 0 Å². The fourth-order valence-corrected chi connectivity index (χ4v) is 2.81. The van der Waals surface area contributed by atoms with Crippen LogP contribution in [-0.2, 0) is 13.0 Å². The van der Waals surface area contributed by atoms with Crippen LogP contribution in [0.1, 0.15) is 43.0 Å². The fraction of sp³-hybridized carbons (Fsp3) is 0.500. The Balaban J connectivity index is 1.59. The first-order chi connectivity index (χ1) is 10.3. The molecule has 5 heteroatoms. The highest BCUT2D eigenvalue weighted by atomic mass is 16.5. The van der Waals surface area contributed by atoms with Gasteiger partial charge in [-0.1, -0.05) is 36.2 Å². The van der Waals surface area contributed by atoms with Gasteiger partial charge < -0.3 is 14.6 Å². The molecule has 3 rings (SSSR count). The van der Waals surface area contributed by atoms with Crippen molar-refractivity contribution in [3.05, 3.63) is 41.5 Å². The van der Waals surface area contributed by atoms with Crippen molar-refractivity contribution >= 4 is 0 Å². The van der Waals surface area contributed by atoms with Gasteiger partial charge in [-0.25, -0.2) is 0 Å². The number of nitrogens with one attached hydrogen (secondary N) is 1. The fourth-order valence-electron chi connectivity index (χ4n) is 2.81. The van der Waals surface area contributed by atoms with Gasteiger partial charge in [-0.2, -0.15) is 4.98 Å². The number of aromatic nitrogens is 2. The van der Waals surface area contributed by atoms with E-state index in [1.807, 2.05) is 24.3 Å². The van der Waals surface area contributed by atoms with Crippen LogP contribution in [0.25, 0.3) is 0 Å². The molecule has 112 valence electrons. The van der Waals surface area contributed by atoms with Crippen molar-refractivity contribution in [3.63, 3.8) is 0 Å². The molecule has 1 saturated carbocycles. The second-order valence-electron chi connectivity index (χ2n) is 5.46. The monoisotopic (exact) mass is 287 g/mol. The number of ether oxygens (including phenoxy) is 1. The van der Waals surface area contributed by atoms with E-state index >= 15 is 0 Å². The normalized spacial score (nSPS) is 15.5. The number of rotatable bonds is 6. The highest BCUT2D eigenvalue weighted by Gasteiger charge is 2.16. The summed E-state index contributed by atoms with van der Waals surface area (Å²) in [6.45, 7) is 0.656. The second kappa shape index (κ2) is 6.72. The van der Waals surface area contributed by atoms with Crippen molar-refractivity contribution in [2.24, 2.45) is 0 Å². The predicted octanol–water partition coefficient (Wildman–Crippen LogP) is 2.70. The molecule has 0 radical (unpaired) electrons. The van der Waals surface area contributed by atoms with Crippen LogP contribution in [0.2, 0.25) is 0 Å². The van der Waals surface area contributed by atoms with Crippen LogP contribution in [0.4, 0.5) is 0 Å². The maximum absolute atomic E-state index is 5.34. The number of hydrogen-bond donors (Lipinski definition) is 1. The molecular formula is C16H21N3O2. The van der Waals surface area contributed by atoms with Crippen LogP contribution in [0, 0.1) is 0 Å². The van der Waals surface area contributed by atoms with Gasteiger partial charge in [0.1, 0.15) is 5.75 Å². The van der Waals surface area contributed by atoms with Gasteiger partial charge in [0.05, 0.1) is 13.7 Å². The van der Waals surface area contributed by atoms with Crippen molar-refractivity contribution in [2.45, 2.75) is 44.7 Å². The van der Waals surface area contributed by atoms with Gasteiger partial charge in [-0.15, -0.1) is 0 Å². The third-order valence-corrected chi connectivity index (χ3v) is 3.95. The van der Waals surface area contributed by atoms with Gasteiger partial charge >= 0.3 is 0 Å². The molecule has 1 aromatic heterocycles. The Morgan fingerprint density at radius 3 is 2.90 bits per heavy atom. The van der Waals surface area contributed by atoms with Crippen molar-refractivity contribution in [3.8, 4) is 5.75 Å². The molecule has 0 spiro atoms. The lowest BCUT2D eigenvalue weighted by Crippen LogP contribution is -2.25. The van der Waals surface area contributed by atoms with Crippen molar-refractivity contribution < 1.29 is 9.26 Å². The molecule has 5 nitrogen and oxygen atoms in total. The van der Waals surface area contributed by atoms with Crippen molar-refractivity contribution in [1.29, 1.82) is 0 Å². The van der Waals surface area contributed by atoms with Crippen LogP contribution in [0.3, 0.4) is 0 Å².